The third-order valence-corrected chi connectivity index (χ3v) is 7.44. The highest BCUT2D eigenvalue weighted by Gasteiger charge is 2.36. The molecule has 1 aliphatic heterocycles. The fourth-order valence-electron chi connectivity index (χ4n) is 4.42. The van der Waals surface area contributed by atoms with Gasteiger partial charge in [0, 0.05) is 29.2 Å². The van der Waals surface area contributed by atoms with Gasteiger partial charge >= 0.3 is 6.18 Å². The molecule has 0 atom stereocenters. The second-order valence-electron chi connectivity index (χ2n) is 9.20. The van der Waals surface area contributed by atoms with Crippen LogP contribution >= 0.6 is 11.3 Å². The molecule has 218 valence electrons. The van der Waals surface area contributed by atoms with Crippen molar-refractivity contribution in [3.63, 3.8) is 0 Å². The van der Waals surface area contributed by atoms with Crippen LogP contribution in [-0.2, 0) is 19.3 Å². The van der Waals surface area contributed by atoms with Gasteiger partial charge in [0.15, 0.2) is 5.13 Å². The summed E-state index contributed by atoms with van der Waals surface area (Å²) in [5.41, 5.74) is -0.749. The Morgan fingerprint density at radius 3 is 2.52 bits per heavy atom. The van der Waals surface area contributed by atoms with Crippen LogP contribution in [0.2, 0.25) is 0 Å². The average Bonchev–Trinajstić information content (AvgIpc) is 3.50. The lowest BCUT2D eigenvalue weighted by Crippen LogP contribution is -2.28. The first-order valence-corrected chi connectivity index (χ1v) is 13.0. The van der Waals surface area contributed by atoms with E-state index in [-0.39, 0.29) is 52.0 Å². The van der Waals surface area contributed by atoms with E-state index in [0.29, 0.717) is 16.3 Å². The van der Waals surface area contributed by atoms with Gasteiger partial charge in [-0.2, -0.15) is 13.2 Å². The minimum Gasteiger partial charge on any atom is -0.479 e. The van der Waals surface area contributed by atoms with Crippen molar-refractivity contribution in [3.8, 4) is 17.0 Å². The number of ether oxygens (including phenoxy) is 1. The van der Waals surface area contributed by atoms with Gasteiger partial charge in [-0.3, -0.25) is 24.9 Å². The number of alkyl halides is 5. The van der Waals surface area contributed by atoms with E-state index in [2.05, 4.69) is 30.5 Å². The molecule has 2 amide bonds. The number of aromatic nitrogens is 5. The van der Waals surface area contributed by atoms with Crippen molar-refractivity contribution >= 4 is 28.3 Å². The molecule has 5 heterocycles. The number of amides is 2. The van der Waals surface area contributed by atoms with Crippen molar-refractivity contribution in [1.82, 2.24) is 30.0 Å². The summed E-state index contributed by atoms with van der Waals surface area (Å²) < 4.78 is 71.8. The second-order valence-corrected chi connectivity index (χ2v) is 10.3. The molecule has 4 aromatic heterocycles. The lowest BCUT2D eigenvalue weighted by atomic mass is 10.0. The van der Waals surface area contributed by atoms with Crippen molar-refractivity contribution in [1.29, 1.82) is 0 Å². The van der Waals surface area contributed by atoms with Crippen molar-refractivity contribution in [2.24, 2.45) is 0 Å². The summed E-state index contributed by atoms with van der Waals surface area (Å²) in [6.45, 7) is 2.92. The zero-order valence-corrected chi connectivity index (χ0v) is 22.9. The first-order chi connectivity index (χ1) is 19.9. The predicted molar refractivity (Wildman–Crippen MR) is 139 cm³/mol. The molecule has 4 aromatic rings. The normalized spacial score (nSPS) is 12.9. The van der Waals surface area contributed by atoms with E-state index in [4.69, 9.17) is 4.74 Å². The van der Waals surface area contributed by atoms with Crippen molar-refractivity contribution in [2.45, 2.75) is 39.5 Å². The quantitative estimate of drug-likeness (QED) is 0.291. The summed E-state index contributed by atoms with van der Waals surface area (Å²) in [6, 6.07) is 3.43. The molecule has 0 aromatic carbocycles. The van der Waals surface area contributed by atoms with Gasteiger partial charge in [0.25, 0.3) is 18.2 Å². The molecule has 0 radical (unpaired) electrons. The lowest BCUT2D eigenvalue weighted by molar-refractivity contribution is -0.138. The van der Waals surface area contributed by atoms with E-state index < -0.39 is 35.7 Å². The smallest absolute Gasteiger partial charge is 0.416 e. The molecule has 0 saturated carbocycles. The summed E-state index contributed by atoms with van der Waals surface area (Å²) in [6.07, 6.45) is -5.30. The van der Waals surface area contributed by atoms with Crippen molar-refractivity contribution in [3.05, 3.63) is 74.9 Å². The number of nitrogens with one attached hydrogen (secondary N) is 1. The highest BCUT2D eigenvalue weighted by atomic mass is 32.1. The van der Waals surface area contributed by atoms with Crippen molar-refractivity contribution < 1.29 is 36.3 Å². The first kappa shape index (κ1) is 28.9. The summed E-state index contributed by atoms with van der Waals surface area (Å²) in [5, 5.41) is 10.0. The van der Waals surface area contributed by atoms with Crippen LogP contribution in [0.25, 0.3) is 11.1 Å². The number of pyridine rings is 2. The standard InChI is InChI=1S/C26H20F5N7O3S/c1-11-6-13(14-7-17(21(27)28)36-37-23(14)41-3)15(8-33-11)22(39)35-25-34-18-9-38(10-19(18)42-25)24(40)20-12(2)16(4-5-32-20)26(29,30)31/h4-8,21H,9-10H2,1-3H3,(H,34,35,39). The number of nitrogens with zero attached hydrogens (tertiary/aromatic N) is 6. The minimum absolute atomic E-state index is 0.00548. The van der Waals surface area contributed by atoms with Gasteiger partial charge in [0.05, 0.1) is 41.9 Å². The second kappa shape index (κ2) is 11.0. The number of hydrogen-bond donors (Lipinski definition) is 1. The molecule has 1 N–H and O–H groups in total. The molecule has 0 spiro atoms. The summed E-state index contributed by atoms with van der Waals surface area (Å²) in [7, 11) is 1.29. The van der Waals surface area contributed by atoms with Gasteiger partial charge in [-0.1, -0.05) is 11.3 Å². The molecular formula is C26H20F5N7O3S. The number of halogens is 5. The molecule has 1 aliphatic rings. The van der Waals surface area contributed by atoms with E-state index >= 15 is 0 Å². The third-order valence-electron chi connectivity index (χ3n) is 6.44. The van der Waals surface area contributed by atoms with Gasteiger partial charge in [0.1, 0.15) is 11.4 Å². The maximum absolute atomic E-state index is 13.3. The van der Waals surface area contributed by atoms with Crippen LogP contribution in [0.5, 0.6) is 5.88 Å². The largest absolute Gasteiger partial charge is 0.479 e. The highest BCUT2D eigenvalue weighted by Crippen LogP contribution is 2.36. The molecule has 10 nitrogen and oxygen atoms in total. The Kier molecular flexibility index (Phi) is 7.57. The number of aryl methyl sites for hydroxylation is 1. The van der Waals surface area contributed by atoms with Crippen LogP contribution < -0.4 is 10.1 Å². The van der Waals surface area contributed by atoms with E-state index in [1.54, 1.807) is 6.92 Å². The zero-order chi connectivity index (χ0) is 30.3. The van der Waals surface area contributed by atoms with E-state index in [9.17, 15) is 31.5 Å². The number of hydrogen-bond acceptors (Lipinski definition) is 9. The van der Waals surface area contributed by atoms with Crippen LogP contribution in [0.1, 0.15) is 60.4 Å². The molecule has 0 fully saturated rings. The molecule has 42 heavy (non-hydrogen) atoms. The maximum Gasteiger partial charge on any atom is 0.416 e. The topological polar surface area (TPSA) is 123 Å². The minimum atomic E-state index is -4.63. The fraction of sp³-hybridized carbons (Fsp3) is 0.269. The van der Waals surface area contributed by atoms with Gasteiger partial charge in [-0.05, 0) is 37.6 Å². The first-order valence-electron chi connectivity index (χ1n) is 12.2. The summed E-state index contributed by atoms with van der Waals surface area (Å²) in [4.78, 5) is 40.7. The average molecular weight is 606 g/mol. The van der Waals surface area contributed by atoms with Gasteiger partial charge in [-0.15, -0.1) is 10.2 Å². The van der Waals surface area contributed by atoms with E-state index in [1.165, 1.54) is 31.2 Å². The van der Waals surface area contributed by atoms with Gasteiger partial charge < -0.3 is 9.64 Å². The molecule has 0 saturated heterocycles. The van der Waals surface area contributed by atoms with Crippen LogP contribution in [0.15, 0.2) is 30.6 Å². The molecular weight excluding hydrogens is 585 g/mol. The highest BCUT2D eigenvalue weighted by molar-refractivity contribution is 7.16. The number of carbonyl (C=O) groups excluding carboxylic acids is 2. The van der Waals surface area contributed by atoms with E-state index in [0.717, 1.165) is 29.7 Å². The molecule has 5 rings (SSSR count). The Morgan fingerprint density at radius 2 is 1.86 bits per heavy atom. The molecule has 0 bridgehead atoms. The Labute approximate surface area is 238 Å². The van der Waals surface area contributed by atoms with Gasteiger partial charge in [0.2, 0.25) is 5.88 Å². The summed E-state index contributed by atoms with van der Waals surface area (Å²) in [5.74, 6) is -1.38. The number of methoxy groups -OCH3 is 1. The Balaban J connectivity index is 1.36. The third kappa shape index (κ3) is 5.48. The monoisotopic (exact) mass is 605 g/mol. The van der Waals surface area contributed by atoms with E-state index in [1.807, 2.05) is 0 Å². The predicted octanol–water partition coefficient (Wildman–Crippen LogP) is 5.38. The zero-order valence-electron chi connectivity index (χ0n) is 22.1. The van der Waals surface area contributed by atoms with Crippen LogP contribution in [0.3, 0.4) is 0 Å². The fourth-order valence-corrected chi connectivity index (χ4v) is 5.40. The van der Waals surface area contributed by atoms with Crippen LogP contribution in [0, 0.1) is 13.8 Å². The number of rotatable bonds is 6. The number of thiazole rings is 1. The van der Waals surface area contributed by atoms with Crippen molar-refractivity contribution in [2.75, 3.05) is 12.4 Å². The molecule has 0 aliphatic carbocycles. The number of anilines is 1. The number of carbonyl (C=O) groups is 2. The molecule has 0 unspecified atom stereocenters. The maximum atomic E-state index is 13.3. The molecule has 16 heteroatoms. The Hall–Kier alpha value is -4.60. The lowest BCUT2D eigenvalue weighted by Gasteiger charge is -2.18. The van der Waals surface area contributed by atoms with Gasteiger partial charge in [-0.25, -0.2) is 13.8 Å². The Bertz CT molecular complexity index is 1690. The van der Waals surface area contributed by atoms with Crippen LogP contribution in [-0.4, -0.2) is 49.0 Å². The number of fused-ring (bicyclic) bond motifs is 1. The summed E-state index contributed by atoms with van der Waals surface area (Å²) >= 11 is 1.09. The Morgan fingerprint density at radius 1 is 1.10 bits per heavy atom. The van der Waals surface area contributed by atoms with Crippen LogP contribution in [0.4, 0.5) is 27.1 Å². The SMILES string of the molecule is COc1nnc(C(F)F)cc1-c1cc(C)ncc1C(=O)Nc1nc2c(s1)CN(C(=O)c1nccc(C(F)(F)F)c1C)C2.